The van der Waals surface area contributed by atoms with E-state index in [9.17, 15) is 8.42 Å². The molecule has 2 atom stereocenters. The predicted molar refractivity (Wildman–Crippen MR) is 72.0 cm³/mol. The lowest BCUT2D eigenvalue weighted by atomic mass is 9.97. The van der Waals surface area contributed by atoms with E-state index in [-0.39, 0.29) is 0 Å². The molecule has 0 bridgehead atoms. The van der Waals surface area contributed by atoms with Crippen molar-refractivity contribution in [2.45, 2.75) is 32.7 Å². The summed E-state index contributed by atoms with van der Waals surface area (Å²) in [5.74, 6) is 0.998. The highest BCUT2D eigenvalue weighted by Gasteiger charge is 2.22. The van der Waals surface area contributed by atoms with Gasteiger partial charge in [0.2, 0.25) is 0 Å². The smallest absolute Gasteiger partial charge is 0.147 e. The third kappa shape index (κ3) is 5.84. The Bertz CT molecular complexity index is 316. The Hall–Kier alpha value is -0.130. The van der Waals surface area contributed by atoms with Crippen molar-refractivity contribution in [3.05, 3.63) is 0 Å². The van der Waals surface area contributed by atoms with Crippen LogP contribution in [0.2, 0.25) is 0 Å². The molecule has 5 heteroatoms. The first-order valence-electron chi connectivity index (χ1n) is 6.56. The minimum Gasteiger partial charge on any atom is -0.311 e. The van der Waals surface area contributed by atoms with Gasteiger partial charge in [-0.2, -0.15) is 0 Å². The Morgan fingerprint density at radius 2 is 2.18 bits per heavy atom. The zero-order valence-corrected chi connectivity index (χ0v) is 12.1. The van der Waals surface area contributed by atoms with Crippen LogP contribution in [-0.2, 0) is 9.84 Å². The summed E-state index contributed by atoms with van der Waals surface area (Å²) in [6.07, 6.45) is 3.26. The van der Waals surface area contributed by atoms with Crippen molar-refractivity contribution in [1.29, 1.82) is 0 Å². The van der Waals surface area contributed by atoms with Gasteiger partial charge in [0, 0.05) is 31.9 Å². The van der Waals surface area contributed by atoms with Gasteiger partial charge in [0.05, 0.1) is 5.75 Å². The topological polar surface area (TPSA) is 49.4 Å². The molecular formula is C12H26N2O2S. The van der Waals surface area contributed by atoms with Crippen LogP contribution in [0.3, 0.4) is 0 Å². The van der Waals surface area contributed by atoms with Gasteiger partial charge in [0.25, 0.3) is 0 Å². The van der Waals surface area contributed by atoms with Gasteiger partial charge in [0.15, 0.2) is 0 Å². The molecule has 1 heterocycles. The molecule has 102 valence electrons. The first-order chi connectivity index (χ1) is 7.92. The lowest BCUT2D eigenvalue weighted by Crippen LogP contribution is -2.53. The van der Waals surface area contributed by atoms with Crippen LogP contribution in [0.1, 0.15) is 26.7 Å². The summed E-state index contributed by atoms with van der Waals surface area (Å²) in [7, 11) is -2.80. The molecule has 1 saturated heterocycles. The second-order valence-electron chi connectivity index (χ2n) is 5.23. The summed E-state index contributed by atoms with van der Waals surface area (Å²) in [5.41, 5.74) is 0. The third-order valence-electron chi connectivity index (χ3n) is 3.61. The molecule has 0 aromatic carbocycles. The Morgan fingerprint density at radius 1 is 1.47 bits per heavy atom. The molecule has 1 aliphatic heterocycles. The number of nitrogens with one attached hydrogen (secondary N) is 1. The van der Waals surface area contributed by atoms with Crippen molar-refractivity contribution in [1.82, 2.24) is 10.2 Å². The van der Waals surface area contributed by atoms with E-state index in [4.69, 9.17) is 0 Å². The Labute approximate surface area is 106 Å². The van der Waals surface area contributed by atoms with Crippen LogP contribution < -0.4 is 5.32 Å². The molecule has 2 unspecified atom stereocenters. The maximum absolute atomic E-state index is 11.1. The highest BCUT2D eigenvalue weighted by molar-refractivity contribution is 7.90. The summed E-state index contributed by atoms with van der Waals surface area (Å²) in [5, 5.41) is 3.55. The van der Waals surface area contributed by atoms with E-state index in [0.29, 0.717) is 17.7 Å². The number of sulfone groups is 1. The first kappa shape index (κ1) is 14.9. The fourth-order valence-electron chi connectivity index (χ4n) is 2.26. The number of nitrogens with zero attached hydrogens (tertiary/aromatic N) is 1. The summed E-state index contributed by atoms with van der Waals surface area (Å²) >= 11 is 0. The largest absolute Gasteiger partial charge is 0.311 e. The zero-order valence-electron chi connectivity index (χ0n) is 11.3. The predicted octanol–water partition coefficient (Wildman–Crippen LogP) is 0.741. The Balaban J connectivity index is 2.30. The summed E-state index contributed by atoms with van der Waals surface area (Å²) < 4.78 is 22.1. The molecule has 0 radical (unpaired) electrons. The van der Waals surface area contributed by atoms with Gasteiger partial charge in [-0.3, -0.25) is 0 Å². The van der Waals surface area contributed by atoms with Gasteiger partial charge in [-0.05, 0) is 18.9 Å². The number of rotatable bonds is 6. The van der Waals surface area contributed by atoms with Crippen LogP contribution >= 0.6 is 0 Å². The summed E-state index contributed by atoms with van der Waals surface area (Å²) in [4.78, 5) is 2.39. The average Bonchev–Trinajstić information content (AvgIpc) is 2.27. The molecule has 0 spiro atoms. The molecule has 0 amide bonds. The highest BCUT2D eigenvalue weighted by atomic mass is 32.2. The van der Waals surface area contributed by atoms with E-state index < -0.39 is 9.84 Å². The molecule has 1 N–H and O–H groups in total. The van der Waals surface area contributed by atoms with Crippen LogP contribution in [0, 0.1) is 5.92 Å². The minimum atomic E-state index is -2.80. The molecule has 4 nitrogen and oxygen atoms in total. The maximum Gasteiger partial charge on any atom is 0.147 e. The third-order valence-corrected chi connectivity index (χ3v) is 4.64. The maximum atomic E-state index is 11.1. The monoisotopic (exact) mass is 262 g/mol. The fourth-order valence-corrected chi connectivity index (χ4v) is 2.91. The molecular weight excluding hydrogens is 236 g/mol. The van der Waals surface area contributed by atoms with Crippen LogP contribution in [0.5, 0.6) is 0 Å². The number of hydrogen-bond acceptors (Lipinski definition) is 4. The molecule has 0 aromatic rings. The van der Waals surface area contributed by atoms with Gasteiger partial charge < -0.3 is 10.2 Å². The van der Waals surface area contributed by atoms with E-state index in [2.05, 4.69) is 24.1 Å². The van der Waals surface area contributed by atoms with Crippen molar-refractivity contribution in [2.75, 3.05) is 38.2 Å². The molecule has 17 heavy (non-hydrogen) atoms. The molecule has 0 aromatic heterocycles. The standard InChI is InChI=1S/C12H26N2O2S/c1-4-11(2)12-10-14(8-6-13-12)7-5-9-17(3,15)16/h11-13H,4-10H2,1-3H3. The van der Waals surface area contributed by atoms with Gasteiger partial charge in [-0.1, -0.05) is 20.3 Å². The van der Waals surface area contributed by atoms with Crippen LogP contribution in [-0.4, -0.2) is 57.5 Å². The van der Waals surface area contributed by atoms with Crippen LogP contribution in [0.4, 0.5) is 0 Å². The quantitative estimate of drug-likeness (QED) is 0.767. The zero-order chi connectivity index (χ0) is 12.9. The Morgan fingerprint density at radius 3 is 2.76 bits per heavy atom. The summed E-state index contributed by atoms with van der Waals surface area (Å²) in [6, 6.07) is 0.562. The van der Waals surface area contributed by atoms with E-state index >= 15 is 0 Å². The highest BCUT2D eigenvalue weighted by Crippen LogP contribution is 2.12. The van der Waals surface area contributed by atoms with E-state index in [1.807, 2.05) is 0 Å². The first-order valence-corrected chi connectivity index (χ1v) is 8.62. The SMILES string of the molecule is CCC(C)C1CN(CCCS(C)(=O)=O)CCN1. The van der Waals surface area contributed by atoms with E-state index in [0.717, 1.165) is 32.6 Å². The van der Waals surface area contributed by atoms with Crippen molar-refractivity contribution in [3.8, 4) is 0 Å². The summed E-state index contributed by atoms with van der Waals surface area (Å²) in [6.45, 7) is 8.51. The molecule has 1 fully saturated rings. The van der Waals surface area contributed by atoms with Gasteiger partial charge in [-0.15, -0.1) is 0 Å². The van der Waals surface area contributed by atoms with E-state index in [1.165, 1.54) is 12.7 Å². The second kappa shape index (κ2) is 6.71. The number of hydrogen-bond donors (Lipinski definition) is 1. The lowest BCUT2D eigenvalue weighted by molar-refractivity contribution is 0.169. The van der Waals surface area contributed by atoms with Crippen molar-refractivity contribution in [2.24, 2.45) is 5.92 Å². The molecule has 1 aliphatic rings. The van der Waals surface area contributed by atoms with Crippen LogP contribution in [0.25, 0.3) is 0 Å². The molecule has 0 saturated carbocycles. The van der Waals surface area contributed by atoms with Crippen molar-refractivity contribution >= 4 is 9.84 Å². The molecule has 0 aliphatic carbocycles. The number of piperazine rings is 1. The lowest BCUT2D eigenvalue weighted by Gasteiger charge is -2.36. The molecule has 1 rings (SSSR count). The van der Waals surface area contributed by atoms with Gasteiger partial charge in [-0.25, -0.2) is 8.42 Å². The van der Waals surface area contributed by atoms with Crippen molar-refractivity contribution in [3.63, 3.8) is 0 Å². The average molecular weight is 262 g/mol. The van der Waals surface area contributed by atoms with E-state index in [1.54, 1.807) is 0 Å². The fraction of sp³-hybridized carbons (Fsp3) is 1.00. The minimum absolute atomic E-state index is 0.310. The van der Waals surface area contributed by atoms with Crippen LogP contribution in [0.15, 0.2) is 0 Å². The van der Waals surface area contributed by atoms with Crippen molar-refractivity contribution < 1.29 is 8.42 Å². The second-order valence-corrected chi connectivity index (χ2v) is 7.49. The Kier molecular flexibility index (Phi) is 5.89. The normalized spacial score (nSPS) is 24.8. The van der Waals surface area contributed by atoms with Gasteiger partial charge >= 0.3 is 0 Å². The van der Waals surface area contributed by atoms with Gasteiger partial charge in [0.1, 0.15) is 9.84 Å².